The predicted molar refractivity (Wildman–Crippen MR) is 137 cm³/mol. The number of ether oxygens (including phenoxy) is 1. The van der Waals surface area contributed by atoms with Gasteiger partial charge in [0, 0.05) is 22.8 Å². The molecule has 2 aromatic carbocycles. The van der Waals surface area contributed by atoms with Crippen LogP contribution in [0.2, 0.25) is 5.02 Å². The highest BCUT2D eigenvalue weighted by molar-refractivity contribution is 6.32. The van der Waals surface area contributed by atoms with E-state index >= 15 is 0 Å². The van der Waals surface area contributed by atoms with E-state index in [1.165, 1.54) is 11.4 Å². The summed E-state index contributed by atoms with van der Waals surface area (Å²) in [4.78, 5) is 8.19. The van der Waals surface area contributed by atoms with E-state index in [1.807, 2.05) is 30.3 Å². The van der Waals surface area contributed by atoms with E-state index in [4.69, 9.17) is 16.3 Å². The second-order valence-electron chi connectivity index (χ2n) is 10.1. The first-order valence-electron chi connectivity index (χ1n) is 11.5. The monoisotopic (exact) mass is 488 g/mol. The van der Waals surface area contributed by atoms with Crippen LogP contribution in [0.5, 0.6) is 11.5 Å². The van der Waals surface area contributed by atoms with E-state index in [0.717, 1.165) is 18.4 Å². The first kappa shape index (κ1) is 24.9. The van der Waals surface area contributed by atoms with Gasteiger partial charge in [-0.05, 0) is 76.3 Å². The van der Waals surface area contributed by atoms with Crippen molar-refractivity contribution < 1.29 is 9.94 Å². The number of nitriles is 1. The molecule has 0 saturated carbocycles. The molecule has 1 aliphatic heterocycles. The van der Waals surface area contributed by atoms with Crippen LogP contribution in [0.1, 0.15) is 51.7 Å². The van der Waals surface area contributed by atoms with Gasteiger partial charge in [-0.15, -0.1) is 0 Å². The summed E-state index contributed by atoms with van der Waals surface area (Å²) in [6.07, 6.45) is 9.06. The molecular formula is C28H29ClN4O2. The minimum Gasteiger partial charge on any atom is -0.454 e. The van der Waals surface area contributed by atoms with Crippen LogP contribution in [0.4, 0.5) is 0 Å². The molecule has 35 heavy (non-hydrogen) atoms. The molecule has 1 aliphatic rings. The minimum absolute atomic E-state index is 0.301. The lowest BCUT2D eigenvalue weighted by Crippen LogP contribution is -2.58. The molecule has 1 fully saturated rings. The van der Waals surface area contributed by atoms with Crippen molar-refractivity contribution in [2.45, 2.75) is 51.6 Å². The molecule has 3 aromatic rings. The van der Waals surface area contributed by atoms with E-state index < -0.39 is 0 Å². The molecule has 4 rings (SSSR count). The van der Waals surface area contributed by atoms with Crippen LogP contribution in [0.3, 0.4) is 0 Å². The van der Waals surface area contributed by atoms with E-state index in [-0.39, 0.29) is 11.1 Å². The third-order valence-electron chi connectivity index (χ3n) is 6.40. The topological polar surface area (TPSA) is 82.3 Å². The highest BCUT2D eigenvalue weighted by atomic mass is 35.5. The Hall–Kier alpha value is -3.24. The Kier molecular flexibility index (Phi) is 6.95. The summed E-state index contributed by atoms with van der Waals surface area (Å²) in [6, 6.07) is 15.0. The van der Waals surface area contributed by atoms with Crippen molar-refractivity contribution in [3.8, 4) is 28.8 Å². The summed E-state index contributed by atoms with van der Waals surface area (Å²) >= 11 is 6.56. The van der Waals surface area contributed by atoms with Gasteiger partial charge in [-0.2, -0.15) is 10.3 Å². The highest BCUT2D eigenvalue weighted by Gasteiger charge is 2.44. The zero-order valence-corrected chi connectivity index (χ0v) is 21.1. The predicted octanol–water partition coefficient (Wildman–Crippen LogP) is 7.13. The molecule has 0 unspecified atom stereocenters. The number of hydrogen-bond acceptors (Lipinski definition) is 6. The normalized spacial score (nSPS) is 17.9. The summed E-state index contributed by atoms with van der Waals surface area (Å²) in [7, 11) is 0. The van der Waals surface area contributed by atoms with Crippen LogP contribution in [0, 0.1) is 17.2 Å². The zero-order chi connectivity index (χ0) is 25.2. The van der Waals surface area contributed by atoms with Crippen LogP contribution in [0.15, 0.2) is 61.1 Å². The summed E-state index contributed by atoms with van der Waals surface area (Å²) in [5.41, 5.74) is 2.05. The van der Waals surface area contributed by atoms with E-state index in [2.05, 4.69) is 55.9 Å². The van der Waals surface area contributed by atoms with Gasteiger partial charge >= 0.3 is 0 Å². The van der Waals surface area contributed by atoms with Crippen molar-refractivity contribution in [1.82, 2.24) is 15.0 Å². The number of allylic oxidation sites excluding steroid dienone is 1. The van der Waals surface area contributed by atoms with E-state index in [9.17, 15) is 10.5 Å². The van der Waals surface area contributed by atoms with Crippen LogP contribution in [0.25, 0.3) is 17.3 Å². The highest BCUT2D eigenvalue weighted by Crippen LogP contribution is 2.41. The second-order valence-corrected chi connectivity index (χ2v) is 10.5. The molecule has 7 heteroatoms. The number of nitrogens with zero attached hydrogens (tertiary/aromatic N) is 4. The third kappa shape index (κ3) is 5.38. The Morgan fingerprint density at radius 2 is 1.86 bits per heavy atom. The lowest BCUT2D eigenvalue weighted by molar-refractivity contribution is -0.247. The van der Waals surface area contributed by atoms with Gasteiger partial charge in [0.25, 0.3) is 0 Å². The van der Waals surface area contributed by atoms with E-state index in [0.29, 0.717) is 39.3 Å². The molecule has 1 saturated heterocycles. The zero-order valence-electron chi connectivity index (χ0n) is 20.4. The molecule has 0 bridgehead atoms. The number of hydroxylamine groups is 2. The summed E-state index contributed by atoms with van der Waals surface area (Å²) in [6.45, 7) is 8.25. The van der Waals surface area contributed by atoms with Crippen LogP contribution in [-0.2, 0) is 0 Å². The second kappa shape index (κ2) is 9.79. The molecule has 0 aliphatic carbocycles. The van der Waals surface area contributed by atoms with Gasteiger partial charge in [0.2, 0.25) is 0 Å². The maximum Gasteiger partial charge on any atom is 0.146 e. The Labute approximate surface area is 211 Å². The third-order valence-corrected chi connectivity index (χ3v) is 6.70. The van der Waals surface area contributed by atoms with Gasteiger partial charge in [0.05, 0.1) is 10.7 Å². The van der Waals surface area contributed by atoms with Gasteiger partial charge in [-0.3, -0.25) is 0 Å². The van der Waals surface area contributed by atoms with Gasteiger partial charge in [-0.1, -0.05) is 42.0 Å². The standard InChI is InChI=1S/C28H29ClN4O2/c1-27(2)15-20(16-28(3,4)33(27)34)9-8-19-10-11-26(23(29)14-19)35-25-7-5-6-21(22(25)17-30)24-12-13-31-18-32-24/h5-14,18,20,34H,15-16H2,1-4H3. The van der Waals surface area contributed by atoms with Gasteiger partial charge in [0.1, 0.15) is 29.5 Å². The average Bonchev–Trinajstić information content (AvgIpc) is 2.83. The fourth-order valence-corrected chi connectivity index (χ4v) is 5.18. The average molecular weight is 489 g/mol. The molecule has 6 nitrogen and oxygen atoms in total. The van der Waals surface area contributed by atoms with E-state index in [1.54, 1.807) is 18.3 Å². The number of halogens is 1. The van der Waals surface area contributed by atoms with Gasteiger partial charge in [0.15, 0.2) is 0 Å². The summed E-state index contributed by atoms with van der Waals surface area (Å²) < 4.78 is 6.05. The number of benzene rings is 2. The molecule has 1 N–H and O–H groups in total. The minimum atomic E-state index is -0.301. The Bertz CT molecular complexity index is 1260. The van der Waals surface area contributed by atoms with Crippen molar-refractivity contribution in [2.75, 3.05) is 0 Å². The maximum absolute atomic E-state index is 10.5. The van der Waals surface area contributed by atoms with Gasteiger partial charge in [-0.25, -0.2) is 9.97 Å². The van der Waals surface area contributed by atoms with Crippen molar-refractivity contribution in [1.29, 1.82) is 5.26 Å². The first-order chi connectivity index (χ1) is 16.6. The molecular weight excluding hydrogens is 460 g/mol. The molecule has 0 atom stereocenters. The molecule has 180 valence electrons. The number of rotatable bonds is 5. The summed E-state index contributed by atoms with van der Waals surface area (Å²) in [5, 5.41) is 22.3. The first-order valence-corrected chi connectivity index (χ1v) is 11.9. The SMILES string of the molecule is CC1(C)CC(C=Cc2ccc(Oc3cccc(-c4ccncn4)c3C#N)c(Cl)c2)CC(C)(C)N1O. The Morgan fingerprint density at radius 1 is 1.11 bits per heavy atom. The number of piperidine rings is 1. The fourth-order valence-electron chi connectivity index (χ4n) is 4.95. The lowest BCUT2D eigenvalue weighted by Gasteiger charge is -2.51. The molecule has 1 aromatic heterocycles. The molecule has 0 radical (unpaired) electrons. The number of aromatic nitrogens is 2. The quantitative estimate of drug-likeness (QED) is 0.411. The van der Waals surface area contributed by atoms with Crippen LogP contribution < -0.4 is 4.74 Å². The molecule has 2 heterocycles. The van der Waals surface area contributed by atoms with Crippen LogP contribution in [-0.4, -0.2) is 31.3 Å². The number of hydrogen-bond donors (Lipinski definition) is 1. The lowest BCUT2D eigenvalue weighted by atomic mass is 9.75. The summed E-state index contributed by atoms with van der Waals surface area (Å²) in [5.74, 6) is 1.21. The van der Waals surface area contributed by atoms with Crippen molar-refractivity contribution >= 4 is 17.7 Å². The van der Waals surface area contributed by atoms with Crippen molar-refractivity contribution in [3.05, 3.63) is 77.2 Å². The molecule has 0 spiro atoms. The van der Waals surface area contributed by atoms with Gasteiger partial charge < -0.3 is 9.94 Å². The fraction of sp³-hybridized carbons (Fsp3) is 0.321. The Balaban J connectivity index is 1.54. The van der Waals surface area contributed by atoms with Crippen LogP contribution >= 0.6 is 11.6 Å². The maximum atomic E-state index is 10.5. The molecule has 0 amide bonds. The largest absolute Gasteiger partial charge is 0.454 e. The van der Waals surface area contributed by atoms with Crippen molar-refractivity contribution in [2.24, 2.45) is 5.92 Å². The smallest absolute Gasteiger partial charge is 0.146 e. The van der Waals surface area contributed by atoms with Crippen molar-refractivity contribution in [3.63, 3.8) is 0 Å². The Morgan fingerprint density at radius 3 is 2.49 bits per heavy atom.